The second kappa shape index (κ2) is 5.64. The third-order valence-corrected chi connectivity index (χ3v) is 3.50. The molecule has 1 aromatic carbocycles. The minimum absolute atomic E-state index is 0.187. The van der Waals surface area contributed by atoms with Crippen molar-refractivity contribution >= 4 is 47.1 Å². The molecule has 0 aromatic heterocycles. The summed E-state index contributed by atoms with van der Waals surface area (Å²) in [4.78, 5) is 28.1. The fourth-order valence-corrected chi connectivity index (χ4v) is 2.06. The maximum absolute atomic E-state index is 11.9. The van der Waals surface area contributed by atoms with E-state index in [0.29, 0.717) is 21.3 Å². The van der Waals surface area contributed by atoms with Gasteiger partial charge in [-0.25, -0.2) is 0 Å². The van der Waals surface area contributed by atoms with Crippen LogP contribution in [0.5, 0.6) is 0 Å². The van der Waals surface area contributed by atoms with E-state index < -0.39 is 5.91 Å². The Kier molecular flexibility index (Phi) is 4.11. The molecule has 1 aromatic rings. The fraction of sp³-hybridized carbons (Fsp3) is 0.154. The van der Waals surface area contributed by atoms with Gasteiger partial charge in [-0.15, -0.1) is 0 Å². The number of hydrogen-bond donors (Lipinski definition) is 1. The van der Waals surface area contributed by atoms with Crippen molar-refractivity contribution in [1.29, 1.82) is 0 Å². The molecule has 5 nitrogen and oxygen atoms in total. The summed E-state index contributed by atoms with van der Waals surface area (Å²) in [7, 11) is 1.63. The van der Waals surface area contributed by atoms with Crippen LogP contribution in [0.15, 0.2) is 28.9 Å². The van der Waals surface area contributed by atoms with Crippen LogP contribution in [0.25, 0.3) is 6.08 Å². The second-order valence-electron chi connectivity index (χ2n) is 4.15. The summed E-state index contributed by atoms with van der Waals surface area (Å²) >= 11 is 12.0. The average molecular weight is 312 g/mol. The summed E-state index contributed by atoms with van der Waals surface area (Å²) in [5.74, 6) is -0.565. The van der Waals surface area contributed by atoms with E-state index in [0.717, 1.165) is 0 Å². The standard InChI is InChI=1S/C13H11Cl2N3O2/c1-7(19)16-13-17-12(20)10(18(13)2)6-8-4-3-5-9(14)11(8)15/h3-6H,1-2H3,(H,16,17,19,20)/b10-6-. The largest absolute Gasteiger partial charge is 0.310 e. The SMILES string of the molecule is CC(=O)NC1=NC(=O)/C(=C/c2cccc(Cl)c2Cl)N1C. The van der Waals surface area contributed by atoms with Crippen LogP contribution in [0.2, 0.25) is 10.0 Å². The van der Waals surface area contributed by atoms with E-state index in [4.69, 9.17) is 23.2 Å². The van der Waals surface area contributed by atoms with Gasteiger partial charge in [-0.3, -0.25) is 14.9 Å². The van der Waals surface area contributed by atoms with E-state index in [2.05, 4.69) is 10.3 Å². The lowest BCUT2D eigenvalue weighted by Crippen LogP contribution is -2.37. The van der Waals surface area contributed by atoms with Crippen LogP contribution in [0, 0.1) is 0 Å². The van der Waals surface area contributed by atoms with Gasteiger partial charge in [0, 0.05) is 14.0 Å². The van der Waals surface area contributed by atoms with Gasteiger partial charge >= 0.3 is 0 Å². The Morgan fingerprint density at radius 2 is 2.10 bits per heavy atom. The minimum Gasteiger partial charge on any atom is -0.310 e. The van der Waals surface area contributed by atoms with Crippen LogP contribution in [-0.2, 0) is 9.59 Å². The molecule has 0 radical (unpaired) electrons. The summed E-state index contributed by atoms with van der Waals surface area (Å²) in [6.45, 7) is 1.34. The number of likely N-dealkylation sites (N-methyl/N-ethyl adjacent to an activating group) is 1. The zero-order valence-electron chi connectivity index (χ0n) is 10.8. The summed E-state index contributed by atoms with van der Waals surface area (Å²) in [6, 6.07) is 5.12. The first-order valence-electron chi connectivity index (χ1n) is 5.70. The molecule has 0 bridgehead atoms. The van der Waals surface area contributed by atoms with Gasteiger partial charge in [-0.05, 0) is 17.7 Å². The predicted octanol–water partition coefficient (Wildman–Crippen LogP) is 2.30. The van der Waals surface area contributed by atoms with Gasteiger partial charge in [-0.2, -0.15) is 4.99 Å². The smallest absolute Gasteiger partial charge is 0.296 e. The van der Waals surface area contributed by atoms with Crippen LogP contribution >= 0.6 is 23.2 Å². The quantitative estimate of drug-likeness (QED) is 0.809. The zero-order valence-corrected chi connectivity index (χ0v) is 12.3. The lowest BCUT2D eigenvalue weighted by molar-refractivity contribution is -0.117. The molecule has 0 unspecified atom stereocenters. The maximum Gasteiger partial charge on any atom is 0.296 e. The fourth-order valence-electron chi connectivity index (χ4n) is 1.69. The highest BCUT2D eigenvalue weighted by Crippen LogP contribution is 2.28. The van der Waals surface area contributed by atoms with Crippen molar-refractivity contribution in [3.8, 4) is 0 Å². The van der Waals surface area contributed by atoms with Crippen molar-refractivity contribution in [3.63, 3.8) is 0 Å². The van der Waals surface area contributed by atoms with Crippen LogP contribution < -0.4 is 5.32 Å². The first kappa shape index (κ1) is 14.6. The third kappa shape index (κ3) is 2.84. The normalized spacial score (nSPS) is 16.6. The van der Waals surface area contributed by atoms with Gasteiger partial charge in [0.2, 0.25) is 11.9 Å². The predicted molar refractivity (Wildman–Crippen MR) is 78.5 cm³/mol. The number of nitrogens with zero attached hydrogens (tertiary/aromatic N) is 2. The molecule has 0 aliphatic carbocycles. The van der Waals surface area contributed by atoms with Crippen LogP contribution in [0.1, 0.15) is 12.5 Å². The van der Waals surface area contributed by atoms with Crippen molar-refractivity contribution in [2.75, 3.05) is 7.05 Å². The van der Waals surface area contributed by atoms with E-state index in [1.54, 1.807) is 31.3 Å². The van der Waals surface area contributed by atoms with Gasteiger partial charge in [0.15, 0.2) is 0 Å². The number of amides is 2. The Morgan fingerprint density at radius 1 is 1.40 bits per heavy atom. The summed E-state index contributed by atoms with van der Waals surface area (Å²) in [6.07, 6.45) is 1.58. The van der Waals surface area contributed by atoms with Gasteiger partial charge in [0.05, 0.1) is 10.0 Å². The molecular weight excluding hydrogens is 301 g/mol. The monoisotopic (exact) mass is 311 g/mol. The van der Waals surface area contributed by atoms with E-state index in [-0.39, 0.29) is 11.9 Å². The first-order valence-corrected chi connectivity index (χ1v) is 6.46. The highest BCUT2D eigenvalue weighted by atomic mass is 35.5. The molecule has 0 atom stereocenters. The number of guanidine groups is 1. The highest BCUT2D eigenvalue weighted by Gasteiger charge is 2.27. The summed E-state index contributed by atoms with van der Waals surface area (Å²) in [5, 5.41) is 3.24. The first-order chi connectivity index (χ1) is 9.40. The molecule has 0 spiro atoms. The molecule has 0 fully saturated rings. The second-order valence-corrected chi connectivity index (χ2v) is 4.94. The number of hydrogen-bond acceptors (Lipinski definition) is 3. The summed E-state index contributed by atoms with van der Waals surface area (Å²) < 4.78 is 0. The lowest BCUT2D eigenvalue weighted by atomic mass is 10.2. The van der Waals surface area contributed by atoms with E-state index in [1.807, 2.05) is 0 Å². The molecule has 2 rings (SSSR count). The molecule has 0 saturated carbocycles. The Morgan fingerprint density at radius 3 is 2.75 bits per heavy atom. The Hall–Kier alpha value is -1.85. The number of carbonyl (C=O) groups is 2. The molecule has 1 aliphatic rings. The molecule has 0 saturated heterocycles. The van der Waals surface area contributed by atoms with Crippen molar-refractivity contribution in [1.82, 2.24) is 10.2 Å². The zero-order chi connectivity index (χ0) is 14.9. The molecular formula is C13H11Cl2N3O2. The molecule has 1 heterocycles. The molecule has 104 valence electrons. The van der Waals surface area contributed by atoms with E-state index >= 15 is 0 Å². The number of carbonyl (C=O) groups excluding carboxylic acids is 2. The van der Waals surface area contributed by atoms with Gasteiger partial charge < -0.3 is 4.90 Å². The molecule has 2 amide bonds. The number of halogens is 2. The lowest BCUT2D eigenvalue weighted by Gasteiger charge is -2.15. The van der Waals surface area contributed by atoms with Crippen molar-refractivity contribution < 1.29 is 9.59 Å². The average Bonchev–Trinajstić information content (AvgIpc) is 2.62. The van der Waals surface area contributed by atoms with Crippen LogP contribution in [0.4, 0.5) is 0 Å². The van der Waals surface area contributed by atoms with Crippen LogP contribution in [0.3, 0.4) is 0 Å². The van der Waals surface area contributed by atoms with Gasteiger partial charge in [-0.1, -0.05) is 35.3 Å². The van der Waals surface area contributed by atoms with E-state index in [1.165, 1.54) is 11.8 Å². The minimum atomic E-state index is -0.452. The number of nitrogens with one attached hydrogen (secondary N) is 1. The van der Waals surface area contributed by atoms with Gasteiger partial charge in [0.1, 0.15) is 5.70 Å². The Labute approximate surface area is 125 Å². The topological polar surface area (TPSA) is 61.8 Å². The number of rotatable bonds is 1. The molecule has 1 N–H and O–H groups in total. The Balaban J connectivity index is 2.35. The number of benzene rings is 1. The molecule has 1 aliphatic heterocycles. The summed E-state index contributed by atoms with van der Waals surface area (Å²) in [5.41, 5.74) is 0.909. The maximum atomic E-state index is 11.9. The Bertz CT molecular complexity index is 653. The van der Waals surface area contributed by atoms with Crippen molar-refractivity contribution in [2.24, 2.45) is 4.99 Å². The van der Waals surface area contributed by atoms with Crippen molar-refractivity contribution in [3.05, 3.63) is 39.5 Å². The highest BCUT2D eigenvalue weighted by molar-refractivity contribution is 6.43. The van der Waals surface area contributed by atoms with E-state index in [9.17, 15) is 9.59 Å². The molecule has 20 heavy (non-hydrogen) atoms. The van der Waals surface area contributed by atoms with Crippen molar-refractivity contribution in [2.45, 2.75) is 6.92 Å². The van der Waals surface area contributed by atoms with Crippen LogP contribution in [-0.4, -0.2) is 29.7 Å². The third-order valence-electron chi connectivity index (χ3n) is 2.67. The van der Waals surface area contributed by atoms with Gasteiger partial charge in [0.25, 0.3) is 5.91 Å². The molecule has 7 heteroatoms. The number of aliphatic imine (C=N–C) groups is 1.